The molecule has 3 aromatic carbocycles. The Kier molecular flexibility index (Phi) is 7.17. The summed E-state index contributed by atoms with van der Waals surface area (Å²) < 4.78 is 11.7. The van der Waals surface area contributed by atoms with E-state index in [0.717, 1.165) is 11.1 Å². The summed E-state index contributed by atoms with van der Waals surface area (Å²) in [4.78, 5) is 24.6. The lowest BCUT2D eigenvalue weighted by atomic mass is 10.1. The number of aromatic carboxylic acids is 1. The molecular formula is C27H23ClN2O5. The Morgan fingerprint density at radius 2 is 1.83 bits per heavy atom. The number of hydrogen-bond acceptors (Lipinski definition) is 5. The van der Waals surface area contributed by atoms with Crippen molar-refractivity contribution < 1.29 is 24.2 Å². The van der Waals surface area contributed by atoms with E-state index >= 15 is 0 Å². The summed E-state index contributed by atoms with van der Waals surface area (Å²) >= 11 is 5.96. The molecule has 1 N–H and O–H groups in total. The molecule has 1 aliphatic rings. The fourth-order valence-electron chi connectivity index (χ4n) is 3.57. The van der Waals surface area contributed by atoms with E-state index in [1.807, 2.05) is 55.5 Å². The number of hydrogen-bond donors (Lipinski definition) is 1. The van der Waals surface area contributed by atoms with Crippen molar-refractivity contribution in [2.45, 2.75) is 20.5 Å². The Labute approximate surface area is 207 Å². The first-order valence-corrected chi connectivity index (χ1v) is 11.3. The fraction of sp³-hybridized carbons (Fsp3) is 0.148. The number of hydrazone groups is 1. The van der Waals surface area contributed by atoms with Crippen molar-refractivity contribution in [3.05, 3.63) is 94.0 Å². The van der Waals surface area contributed by atoms with Gasteiger partial charge in [-0.3, -0.25) is 4.79 Å². The van der Waals surface area contributed by atoms with Crippen LogP contribution in [0.15, 0.2) is 77.4 Å². The number of halogens is 1. The third-order valence-electron chi connectivity index (χ3n) is 5.30. The lowest BCUT2D eigenvalue weighted by Crippen LogP contribution is -2.21. The first-order chi connectivity index (χ1) is 16.9. The Morgan fingerprint density at radius 1 is 1.06 bits per heavy atom. The zero-order valence-electron chi connectivity index (χ0n) is 19.2. The molecule has 0 aromatic heterocycles. The molecule has 0 saturated heterocycles. The van der Waals surface area contributed by atoms with Crippen LogP contribution in [0, 0.1) is 0 Å². The van der Waals surface area contributed by atoms with Gasteiger partial charge in [-0.2, -0.15) is 10.1 Å². The second-order valence-corrected chi connectivity index (χ2v) is 8.15. The Hall–Kier alpha value is -4.10. The molecule has 3 aromatic rings. The first-order valence-electron chi connectivity index (χ1n) is 11.0. The zero-order chi connectivity index (χ0) is 24.9. The van der Waals surface area contributed by atoms with Crippen LogP contribution in [0.4, 0.5) is 5.69 Å². The number of amides is 1. The van der Waals surface area contributed by atoms with Crippen molar-refractivity contribution in [3.63, 3.8) is 0 Å². The van der Waals surface area contributed by atoms with Gasteiger partial charge in [0, 0.05) is 0 Å². The highest BCUT2D eigenvalue weighted by molar-refractivity contribution is 6.34. The van der Waals surface area contributed by atoms with Gasteiger partial charge in [0.25, 0.3) is 5.91 Å². The van der Waals surface area contributed by atoms with Crippen LogP contribution in [-0.4, -0.2) is 29.3 Å². The lowest BCUT2D eigenvalue weighted by Gasteiger charge is -2.14. The molecule has 8 heteroatoms. The lowest BCUT2D eigenvalue weighted by molar-refractivity contribution is -0.114. The van der Waals surface area contributed by atoms with E-state index in [0.29, 0.717) is 41.7 Å². The van der Waals surface area contributed by atoms with E-state index in [-0.39, 0.29) is 16.5 Å². The second kappa shape index (κ2) is 10.4. The van der Waals surface area contributed by atoms with Crippen LogP contribution in [0.25, 0.3) is 6.08 Å². The van der Waals surface area contributed by atoms with Crippen LogP contribution in [0.5, 0.6) is 11.5 Å². The van der Waals surface area contributed by atoms with Gasteiger partial charge in [0.15, 0.2) is 11.5 Å². The van der Waals surface area contributed by atoms with Crippen LogP contribution in [0.2, 0.25) is 5.02 Å². The molecule has 0 atom stereocenters. The summed E-state index contributed by atoms with van der Waals surface area (Å²) in [6.07, 6.45) is 1.72. The van der Waals surface area contributed by atoms with Crippen molar-refractivity contribution in [1.82, 2.24) is 0 Å². The van der Waals surface area contributed by atoms with Crippen molar-refractivity contribution in [1.29, 1.82) is 0 Å². The van der Waals surface area contributed by atoms with Gasteiger partial charge in [-0.05, 0) is 61.4 Å². The topological polar surface area (TPSA) is 88.4 Å². The monoisotopic (exact) mass is 490 g/mol. The second-order valence-electron chi connectivity index (χ2n) is 7.74. The smallest absolute Gasteiger partial charge is 0.337 e. The van der Waals surface area contributed by atoms with E-state index in [9.17, 15) is 14.7 Å². The fourth-order valence-corrected chi connectivity index (χ4v) is 3.77. The molecule has 7 nitrogen and oxygen atoms in total. The molecule has 0 aliphatic carbocycles. The number of carbonyl (C=O) groups is 2. The minimum Gasteiger partial charge on any atom is -0.490 e. The molecule has 0 radical (unpaired) electrons. The molecule has 35 heavy (non-hydrogen) atoms. The molecule has 4 rings (SSSR count). The van der Waals surface area contributed by atoms with Crippen LogP contribution in [-0.2, 0) is 11.4 Å². The average Bonchev–Trinajstić information content (AvgIpc) is 3.13. The van der Waals surface area contributed by atoms with Gasteiger partial charge in [0.1, 0.15) is 6.61 Å². The molecule has 0 spiro atoms. The zero-order valence-corrected chi connectivity index (χ0v) is 20.0. The van der Waals surface area contributed by atoms with Gasteiger partial charge < -0.3 is 14.6 Å². The highest BCUT2D eigenvalue weighted by Gasteiger charge is 2.29. The average molecular weight is 491 g/mol. The summed E-state index contributed by atoms with van der Waals surface area (Å²) in [6, 6.07) is 19.6. The summed E-state index contributed by atoms with van der Waals surface area (Å²) in [5.41, 5.74) is 2.88. The SMILES string of the molecule is CCOc1cc(/C=C2\C(=O)N(c3ccc(Cl)c(C(=O)O)c3)N=C2C)ccc1OCc1ccccc1. The largest absolute Gasteiger partial charge is 0.490 e. The van der Waals surface area contributed by atoms with E-state index < -0.39 is 5.97 Å². The third kappa shape index (κ3) is 5.36. The van der Waals surface area contributed by atoms with E-state index in [2.05, 4.69) is 5.10 Å². The number of carboxylic acid groups (broad SMARTS) is 1. The van der Waals surface area contributed by atoms with Crippen LogP contribution in [0.1, 0.15) is 35.3 Å². The van der Waals surface area contributed by atoms with E-state index in [1.54, 1.807) is 19.1 Å². The molecule has 1 heterocycles. The summed E-state index contributed by atoms with van der Waals surface area (Å²) in [5.74, 6) is -0.384. The first kappa shape index (κ1) is 24.0. The number of carbonyl (C=O) groups excluding carboxylic acids is 1. The van der Waals surface area contributed by atoms with Crippen molar-refractivity contribution in [3.8, 4) is 11.5 Å². The highest BCUT2D eigenvalue weighted by Crippen LogP contribution is 2.32. The van der Waals surface area contributed by atoms with Gasteiger partial charge in [-0.15, -0.1) is 0 Å². The van der Waals surface area contributed by atoms with Gasteiger partial charge in [0.05, 0.1) is 34.2 Å². The number of carboxylic acids is 1. The maximum Gasteiger partial charge on any atom is 0.337 e. The number of anilines is 1. The van der Waals surface area contributed by atoms with Crippen molar-refractivity contribution >= 4 is 41.0 Å². The highest BCUT2D eigenvalue weighted by atomic mass is 35.5. The molecule has 1 aliphatic heterocycles. The molecule has 1 amide bonds. The van der Waals surface area contributed by atoms with Gasteiger partial charge in [-0.1, -0.05) is 48.0 Å². The predicted octanol–water partition coefficient (Wildman–Crippen LogP) is 5.82. The minimum absolute atomic E-state index is 0.0855. The van der Waals surface area contributed by atoms with Gasteiger partial charge >= 0.3 is 5.97 Å². The molecule has 0 saturated carbocycles. The normalized spacial score (nSPS) is 14.3. The van der Waals surface area contributed by atoms with Crippen LogP contribution < -0.4 is 14.5 Å². The molecule has 178 valence electrons. The van der Waals surface area contributed by atoms with Crippen LogP contribution >= 0.6 is 11.6 Å². The van der Waals surface area contributed by atoms with E-state index in [4.69, 9.17) is 21.1 Å². The number of rotatable bonds is 8. The number of benzene rings is 3. The van der Waals surface area contributed by atoms with Gasteiger partial charge in [-0.25, -0.2) is 4.79 Å². The predicted molar refractivity (Wildman–Crippen MR) is 135 cm³/mol. The number of ether oxygens (including phenoxy) is 2. The quantitative estimate of drug-likeness (QED) is 0.402. The van der Waals surface area contributed by atoms with Gasteiger partial charge in [0.2, 0.25) is 0 Å². The van der Waals surface area contributed by atoms with Crippen molar-refractivity contribution in [2.75, 3.05) is 11.6 Å². The maximum atomic E-state index is 13.1. The molecule has 0 fully saturated rings. The molecule has 0 unspecified atom stereocenters. The standard InChI is InChI=1S/C27H23ClN2O5/c1-3-34-25-14-19(9-12-24(25)35-16-18-7-5-4-6-8-18)13-21-17(2)29-30(26(21)31)20-10-11-23(28)22(15-20)27(32)33/h4-15H,3,16H2,1-2H3,(H,32,33)/b21-13-. The Morgan fingerprint density at radius 3 is 2.54 bits per heavy atom. The Balaban J connectivity index is 1.58. The van der Waals surface area contributed by atoms with Crippen LogP contribution in [0.3, 0.4) is 0 Å². The molecular weight excluding hydrogens is 468 g/mol. The maximum absolute atomic E-state index is 13.1. The summed E-state index contributed by atoms with van der Waals surface area (Å²) in [7, 11) is 0. The summed E-state index contributed by atoms with van der Waals surface area (Å²) in [6.45, 7) is 4.47. The van der Waals surface area contributed by atoms with Crippen molar-refractivity contribution in [2.24, 2.45) is 5.10 Å². The minimum atomic E-state index is -1.18. The third-order valence-corrected chi connectivity index (χ3v) is 5.63. The molecule has 0 bridgehead atoms. The number of nitrogens with zero attached hydrogens (tertiary/aromatic N) is 2. The Bertz CT molecular complexity index is 1330. The summed E-state index contributed by atoms with van der Waals surface area (Å²) in [5, 5.41) is 14.9. The van der Waals surface area contributed by atoms with E-state index in [1.165, 1.54) is 17.1 Å².